The second-order valence-corrected chi connectivity index (χ2v) is 7.19. The fourth-order valence-electron chi connectivity index (χ4n) is 4.50. The third-order valence-corrected chi connectivity index (χ3v) is 5.73. The molecular weight excluding hydrogens is 310 g/mol. The highest BCUT2D eigenvalue weighted by atomic mass is 16.3. The van der Waals surface area contributed by atoms with Gasteiger partial charge in [0.25, 0.3) is 0 Å². The first-order chi connectivity index (χ1) is 12.1. The molecule has 1 N–H and O–H groups in total. The molecule has 0 amide bonds. The predicted molar refractivity (Wildman–Crippen MR) is 96.8 cm³/mol. The van der Waals surface area contributed by atoms with Crippen LogP contribution in [0.15, 0.2) is 36.7 Å². The fourth-order valence-corrected chi connectivity index (χ4v) is 4.50. The summed E-state index contributed by atoms with van der Waals surface area (Å²) in [5, 5.41) is 11.8. The first kappa shape index (κ1) is 16.3. The minimum Gasteiger partial charge on any atom is -0.382 e. The summed E-state index contributed by atoms with van der Waals surface area (Å²) in [4.78, 5) is 11.2. The second kappa shape index (κ2) is 6.25. The lowest BCUT2D eigenvalue weighted by Crippen LogP contribution is -2.63. The van der Waals surface area contributed by atoms with Crippen molar-refractivity contribution >= 4 is 0 Å². The van der Waals surface area contributed by atoms with Gasteiger partial charge in [-0.05, 0) is 56.5 Å². The normalized spacial score (nSPS) is 30.8. The third kappa shape index (κ3) is 2.64. The molecule has 3 aliphatic heterocycles. The van der Waals surface area contributed by atoms with Crippen LogP contribution in [-0.4, -0.2) is 39.1 Å². The van der Waals surface area contributed by atoms with Crippen LogP contribution in [0.1, 0.15) is 35.4 Å². The topological polar surface area (TPSA) is 49.2 Å². The number of nitrogens with zero attached hydrogens (tertiary/aromatic N) is 3. The number of rotatable bonds is 3. The van der Waals surface area contributed by atoms with Crippen LogP contribution in [0.5, 0.6) is 0 Å². The van der Waals surface area contributed by atoms with Crippen molar-refractivity contribution in [2.75, 3.05) is 13.1 Å². The van der Waals surface area contributed by atoms with E-state index < -0.39 is 5.60 Å². The molecule has 3 saturated heterocycles. The molecule has 3 aliphatic rings. The lowest BCUT2D eigenvalue weighted by atomic mass is 9.66. The second-order valence-electron chi connectivity index (χ2n) is 7.19. The van der Waals surface area contributed by atoms with Gasteiger partial charge in [-0.3, -0.25) is 14.9 Å². The summed E-state index contributed by atoms with van der Waals surface area (Å²) in [7, 11) is 0. The lowest BCUT2D eigenvalue weighted by molar-refractivity contribution is -0.143. The van der Waals surface area contributed by atoms with Gasteiger partial charge >= 0.3 is 0 Å². The molecule has 4 heteroatoms. The monoisotopic (exact) mass is 333 g/mol. The standard InChI is InChI=1S/C21H23N3O/c1-3-20-21(25,17-8-11-24(20)12-9-17)18-7-6-15(2)23-19(18)13-16-5-4-10-22-14-16/h1,4-7,10,14,17,20,25H,8-9,11-13H2,2H3. The van der Waals surface area contributed by atoms with Crippen LogP contribution in [0.2, 0.25) is 0 Å². The van der Waals surface area contributed by atoms with Gasteiger partial charge < -0.3 is 5.11 Å². The maximum absolute atomic E-state index is 11.8. The maximum Gasteiger partial charge on any atom is 0.121 e. The van der Waals surface area contributed by atoms with Crippen LogP contribution in [0.3, 0.4) is 0 Å². The van der Waals surface area contributed by atoms with Gasteiger partial charge in [-0.1, -0.05) is 18.1 Å². The largest absolute Gasteiger partial charge is 0.382 e. The first-order valence-electron chi connectivity index (χ1n) is 8.91. The molecule has 5 rings (SSSR count). The number of hydrogen-bond acceptors (Lipinski definition) is 4. The highest BCUT2D eigenvalue weighted by molar-refractivity contribution is 5.38. The molecule has 0 spiro atoms. The Bertz CT molecular complexity index is 806. The number of aryl methyl sites for hydroxylation is 1. The Morgan fingerprint density at radius 3 is 2.80 bits per heavy atom. The molecule has 25 heavy (non-hydrogen) atoms. The van der Waals surface area contributed by atoms with Gasteiger partial charge in [0, 0.05) is 30.1 Å². The van der Waals surface area contributed by atoms with Gasteiger partial charge in [0.2, 0.25) is 0 Å². The number of fused-ring (bicyclic) bond motifs is 3. The van der Waals surface area contributed by atoms with Gasteiger partial charge in [-0.2, -0.15) is 0 Å². The average molecular weight is 333 g/mol. The molecule has 128 valence electrons. The van der Waals surface area contributed by atoms with Crippen LogP contribution >= 0.6 is 0 Å². The van der Waals surface area contributed by atoms with Crippen LogP contribution in [0, 0.1) is 25.2 Å². The summed E-state index contributed by atoms with van der Waals surface area (Å²) in [6, 6.07) is 7.70. The molecule has 2 aromatic heterocycles. The van der Waals surface area contributed by atoms with Crippen molar-refractivity contribution in [1.82, 2.24) is 14.9 Å². The fraction of sp³-hybridized carbons (Fsp3) is 0.429. The summed E-state index contributed by atoms with van der Waals surface area (Å²) >= 11 is 0. The zero-order chi connectivity index (χ0) is 17.4. The highest BCUT2D eigenvalue weighted by Gasteiger charge is 2.54. The summed E-state index contributed by atoms with van der Waals surface area (Å²) in [6.07, 6.45) is 12.1. The predicted octanol–water partition coefficient (Wildman–Crippen LogP) is 2.29. The van der Waals surface area contributed by atoms with Gasteiger partial charge in [-0.15, -0.1) is 6.42 Å². The van der Waals surface area contributed by atoms with Crippen molar-refractivity contribution in [3.63, 3.8) is 0 Å². The SMILES string of the molecule is C#CC1N2CCC(CC2)C1(O)c1ccc(C)nc1Cc1cccnc1. The molecule has 2 atom stereocenters. The quantitative estimate of drug-likeness (QED) is 0.876. The van der Waals surface area contributed by atoms with E-state index >= 15 is 0 Å². The minimum absolute atomic E-state index is 0.190. The Labute approximate surface area is 148 Å². The van der Waals surface area contributed by atoms with Crippen molar-refractivity contribution in [1.29, 1.82) is 0 Å². The number of hydrogen-bond donors (Lipinski definition) is 1. The van der Waals surface area contributed by atoms with E-state index in [9.17, 15) is 5.11 Å². The van der Waals surface area contributed by atoms with Gasteiger partial charge in [0.15, 0.2) is 0 Å². The van der Waals surface area contributed by atoms with Crippen molar-refractivity contribution in [3.8, 4) is 12.3 Å². The number of aliphatic hydroxyl groups is 1. The van der Waals surface area contributed by atoms with Crippen molar-refractivity contribution < 1.29 is 5.11 Å². The van der Waals surface area contributed by atoms with Crippen molar-refractivity contribution in [3.05, 3.63) is 59.2 Å². The van der Waals surface area contributed by atoms with E-state index in [1.807, 2.05) is 37.4 Å². The molecule has 5 heterocycles. The van der Waals surface area contributed by atoms with Crippen molar-refractivity contribution in [2.24, 2.45) is 5.92 Å². The Kier molecular flexibility index (Phi) is 4.07. The van der Waals surface area contributed by atoms with Gasteiger partial charge in [-0.25, -0.2) is 0 Å². The molecule has 0 aromatic carbocycles. The molecule has 4 nitrogen and oxygen atoms in total. The van der Waals surface area contributed by atoms with E-state index in [1.165, 1.54) is 0 Å². The third-order valence-electron chi connectivity index (χ3n) is 5.73. The smallest absolute Gasteiger partial charge is 0.121 e. The number of aromatic nitrogens is 2. The van der Waals surface area contributed by atoms with E-state index in [2.05, 4.69) is 15.8 Å². The minimum atomic E-state index is -1.02. The number of pyridine rings is 2. The van der Waals surface area contributed by atoms with Crippen LogP contribution in [-0.2, 0) is 12.0 Å². The Balaban J connectivity index is 1.81. The van der Waals surface area contributed by atoms with E-state index in [1.54, 1.807) is 6.20 Å². The van der Waals surface area contributed by atoms with E-state index in [-0.39, 0.29) is 12.0 Å². The summed E-state index contributed by atoms with van der Waals surface area (Å²) in [5.74, 6) is 3.06. The zero-order valence-electron chi connectivity index (χ0n) is 14.5. The lowest BCUT2D eigenvalue weighted by Gasteiger charge is -2.54. The van der Waals surface area contributed by atoms with Crippen LogP contribution < -0.4 is 0 Å². The van der Waals surface area contributed by atoms with E-state index in [0.29, 0.717) is 6.42 Å². The summed E-state index contributed by atoms with van der Waals surface area (Å²) < 4.78 is 0. The average Bonchev–Trinajstić information content (AvgIpc) is 2.63. The number of terminal acetylenes is 1. The molecule has 2 bridgehead atoms. The molecule has 0 aliphatic carbocycles. The molecule has 0 saturated carbocycles. The zero-order valence-corrected chi connectivity index (χ0v) is 14.5. The number of piperidine rings is 3. The first-order valence-corrected chi connectivity index (χ1v) is 8.91. The molecule has 3 fully saturated rings. The summed E-state index contributed by atoms with van der Waals surface area (Å²) in [6.45, 7) is 3.92. The Hall–Kier alpha value is -2.22. The maximum atomic E-state index is 11.8. The van der Waals surface area contributed by atoms with Crippen LogP contribution in [0.25, 0.3) is 0 Å². The van der Waals surface area contributed by atoms with Gasteiger partial charge in [0.05, 0.1) is 5.69 Å². The molecule has 0 radical (unpaired) electrons. The molecular formula is C21H23N3O. The van der Waals surface area contributed by atoms with Crippen LogP contribution in [0.4, 0.5) is 0 Å². The van der Waals surface area contributed by atoms with E-state index in [0.717, 1.165) is 48.4 Å². The molecule has 2 aromatic rings. The van der Waals surface area contributed by atoms with E-state index in [4.69, 9.17) is 11.4 Å². The highest BCUT2D eigenvalue weighted by Crippen LogP contribution is 2.47. The Morgan fingerprint density at radius 2 is 2.12 bits per heavy atom. The summed E-state index contributed by atoms with van der Waals surface area (Å²) in [5.41, 5.74) is 2.81. The molecule has 2 unspecified atom stereocenters. The van der Waals surface area contributed by atoms with Gasteiger partial charge in [0.1, 0.15) is 11.6 Å². The Morgan fingerprint density at radius 1 is 1.32 bits per heavy atom. The van der Waals surface area contributed by atoms with Crippen molar-refractivity contribution in [2.45, 2.75) is 37.8 Å².